The van der Waals surface area contributed by atoms with Crippen molar-refractivity contribution >= 4 is 11.8 Å². The first-order chi connectivity index (χ1) is 3.91. The number of nitrogens with one attached hydrogen (secondary N) is 1. The normalized spacial score (nSPS) is 9.62. The van der Waals surface area contributed by atoms with Gasteiger partial charge < -0.3 is 5.32 Å². The summed E-state index contributed by atoms with van der Waals surface area (Å²) in [5, 5.41) is 4.99. The molecule has 0 spiro atoms. The van der Waals surface area contributed by atoms with Crippen LogP contribution in [0.15, 0.2) is 24.3 Å². The van der Waals surface area contributed by atoms with Gasteiger partial charge >= 0.3 is 0 Å². The molecule has 0 rings (SSSR count). The van der Waals surface area contributed by atoms with Crippen LogP contribution in [0.1, 0.15) is 0 Å². The van der Waals surface area contributed by atoms with Crippen LogP contribution < -0.4 is 5.32 Å². The van der Waals surface area contributed by atoms with Gasteiger partial charge in [-0.2, -0.15) is 0 Å². The predicted molar refractivity (Wildman–Crippen MR) is 40.9 cm³/mol. The number of thioether (sulfide) groups is 1. The third-order valence-corrected chi connectivity index (χ3v) is 1.08. The van der Waals surface area contributed by atoms with E-state index in [4.69, 9.17) is 0 Å². The molecule has 0 fully saturated rings. The summed E-state index contributed by atoms with van der Waals surface area (Å²) in [7, 11) is 0. The Labute approximate surface area is 54.9 Å². The maximum absolute atomic E-state index is 3.51. The van der Waals surface area contributed by atoms with E-state index in [-0.39, 0.29) is 0 Å². The lowest BCUT2D eigenvalue weighted by Gasteiger charge is -1.88. The van der Waals surface area contributed by atoms with E-state index in [1.807, 2.05) is 17.7 Å². The topological polar surface area (TPSA) is 12.0 Å². The smallest absolute Gasteiger partial charge is 0.0333 e. The summed E-state index contributed by atoms with van der Waals surface area (Å²) >= 11 is 1.70. The van der Waals surface area contributed by atoms with E-state index in [1.165, 1.54) is 0 Å². The molecule has 0 aromatic rings. The van der Waals surface area contributed by atoms with Crippen LogP contribution in [-0.2, 0) is 0 Å². The van der Waals surface area contributed by atoms with Gasteiger partial charge in [0, 0.05) is 6.54 Å². The lowest BCUT2D eigenvalue weighted by atomic mass is 10.6. The molecule has 1 nitrogen and oxygen atoms in total. The quantitative estimate of drug-likeness (QED) is 0.579. The van der Waals surface area contributed by atoms with E-state index >= 15 is 0 Å². The molecule has 0 radical (unpaired) electrons. The monoisotopic (exact) mass is 129 g/mol. The first-order valence-corrected chi connectivity index (χ1v) is 3.72. The molecule has 0 aliphatic heterocycles. The summed E-state index contributed by atoms with van der Waals surface area (Å²) in [6, 6.07) is 0. The fourth-order valence-electron chi connectivity index (χ4n) is 0.296. The third kappa shape index (κ3) is 5.63. The average Bonchev–Trinajstić information content (AvgIpc) is 1.81. The zero-order valence-corrected chi connectivity index (χ0v) is 5.87. The second kappa shape index (κ2) is 6.63. The molecule has 0 heterocycles. The molecule has 0 aliphatic carbocycles. The molecule has 0 bridgehead atoms. The maximum Gasteiger partial charge on any atom is 0.0333 e. The van der Waals surface area contributed by atoms with Crippen LogP contribution in [0.4, 0.5) is 0 Å². The number of hydrogen-bond acceptors (Lipinski definition) is 2. The minimum atomic E-state index is 0.879. The van der Waals surface area contributed by atoms with Crippen molar-refractivity contribution in [2.75, 3.05) is 12.8 Å². The van der Waals surface area contributed by atoms with E-state index in [0.29, 0.717) is 0 Å². The Hall–Kier alpha value is -0.370. The van der Waals surface area contributed by atoms with Crippen LogP contribution in [0.2, 0.25) is 0 Å². The van der Waals surface area contributed by atoms with Gasteiger partial charge in [-0.3, -0.25) is 0 Å². The van der Waals surface area contributed by atoms with Crippen molar-refractivity contribution in [2.45, 2.75) is 0 Å². The second-order valence-electron chi connectivity index (χ2n) is 1.22. The Morgan fingerprint density at radius 3 is 3.00 bits per heavy atom. The Kier molecular flexibility index (Phi) is 6.32. The molecule has 46 valence electrons. The first-order valence-electron chi connectivity index (χ1n) is 2.44. The molecule has 0 saturated heterocycles. The van der Waals surface area contributed by atoms with Crippen molar-refractivity contribution in [1.29, 1.82) is 0 Å². The fraction of sp³-hybridized carbons (Fsp3) is 0.333. The van der Waals surface area contributed by atoms with Crippen LogP contribution in [0.5, 0.6) is 0 Å². The zero-order valence-electron chi connectivity index (χ0n) is 5.05. The van der Waals surface area contributed by atoms with Gasteiger partial charge in [0.05, 0.1) is 0 Å². The maximum atomic E-state index is 3.51. The Balaban J connectivity index is 2.90. The highest BCUT2D eigenvalue weighted by Gasteiger charge is 1.67. The molecule has 0 aromatic carbocycles. The van der Waals surface area contributed by atoms with Crippen LogP contribution >= 0.6 is 11.8 Å². The van der Waals surface area contributed by atoms with Gasteiger partial charge in [-0.25, -0.2) is 0 Å². The highest BCUT2D eigenvalue weighted by atomic mass is 32.2. The largest absolute Gasteiger partial charge is 0.388 e. The second-order valence-corrected chi connectivity index (χ2v) is 1.96. The molecule has 0 aromatic heterocycles. The van der Waals surface area contributed by atoms with E-state index in [2.05, 4.69) is 11.9 Å². The minimum Gasteiger partial charge on any atom is -0.388 e. The fourth-order valence-corrected chi connectivity index (χ4v) is 0.584. The third-order valence-electron chi connectivity index (χ3n) is 0.612. The molecule has 0 saturated carbocycles. The van der Waals surface area contributed by atoms with Crippen LogP contribution in [0.25, 0.3) is 0 Å². The van der Waals surface area contributed by atoms with Gasteiger partial charge in [0.2, 0.25) is 0 Å². The Bertz CT molecular complexity index is 78.6. The predicted octanol–water partition coefficient (Wildman–Crippen LogP) is 1.60. The molecule has 1 N–H and O–H groups in total. The molecule has 8 heavy (non-hydrogen) atoms. The van der Waals surface area contributed by atoms with Gasteiger partial charge in [0.1, 0.15) is 0 Å². The van der Waals surface area contributed by atoms with Crippen molar-refractivity contribution in [2.24, 2.45) is 0 Å². The number of rotatable bonds is 4. The summed E-state index contributed by atoms with van der Waals surface area (Å²) in [6.45, 7) is 4.39. The van der Waals surface area contributed by atoms with E-state index in [1.54, 1.807) is 18.0 Å². The van der Waals surface area contributed by atoms with Crippen LogP contribution in [0.3, 0.4) is 0 Å². The van der Waals surface area contributed by atoms with Gasteiger partial charge in [-0.15, -0.1) is 11.8 Å². The van der Waals surface area contributed by atoms with Gasteiger partial charge in [-0.1, -0.05) is 12.7 Å². The van der Waals surface area contributed by atoms with E-state index < -0.39 is 0 Å². The Morgan fingerprint density at radius 1 is 1.75 bits per heavy atom. The summed E-state index contributed by atoms with van der Waals surface area (Å²) in [5.74, 6) is 0. The van der Waals surface area contributed by atoms with Crippen LogP contribution in [0, 0.1) is 0 Å². The summed E-state index contributed by atoms with van der Waals surface area (Å²) in [6.07, 6.45) is 5.77. The summed E-state index contributed by atoms with van der Waals surface area (Å²) < 4.78 is 0. The van der Waals surface area contributed by atoms with E-state index in [9.17, 15) is 0 Å². The van der Waals surface area contributed by atoms with Gasteiger partial charge in [-0.05, 0) is 17.9 Å². The summed E-state index contributed by atoms with van der Waals surface area (Å²) in [5.41, 5.74) is 0. The standard InChI is InChI=1S/C6H11NS/c1-3-7-5-4-6-8-2/h3-4,6-7H,1,5H2,2H3/b6-4-. The Morgan fingerprint density at radius 2 is 2.50 bits per heavy atom. The van der Waals surface area contributed by atoms with Crippen molar-refractivity contribution in [1.82, 2.24) is 5.32 Å². The van der Waals surface area contributed by atoms with Crippen molar-refractivity contribution in [3.8, 4) is 0 Å². The minimum absolute atomic E-state index is 0.879. The molecule has 0 atom stereocenters. The van der Waals surface area contributed by atoms with E-state index in [0.717, 1.165) is 6.54 Å². The van der Waals surface area contributed by atoms with Crippen LogP contribution in [-0.4, -0.2) is 12.8 Å². The highest BCUT2D eigenvalue weighted by molar-refractivity contribution is 8.01. The summed E-state index contributed by atoms with van der Waals surface area (Å²) in [4.78, 5) is 0. The van der Waals surface area contributed by atoms with Crippen molar-refractivity contribution < 1.29 is 0 Å². The average molecular weight is 129 g/mol. The van der Waals surface area contributed by atoms with Crippen molar-refractivity contribution in [3.05, 3.63) is 24.3 Å². The molecule has 0 aliphatic rings. The molecular weight excluding hydrogens is 118 g/mol. The number of hydrogen-bond donors (Lipinski definition) is 1. The first kappa shape index (κ1) is 7.63. The lowest BCUT2D eigenvalue weighted by molar-refractivity contribution is 0.991. The van der Waals surface area contributed by atoms with Gasteiger partial charge in [0.25, 0.3) is 0 Å². The molecular formula is C6H11NS. The molecule has 2 heteroatoms. The zero-order chi connectivity index (χ0) is 6.24. The lowest BCUT2D eigenvalue weighted by Crippen LogP contribution is -2.01. The SMILES string of the molecule is C=CNC/C=C\SC. The molecule has 0 unspecified atom stereocenters. The van der Waals surface area contributed by atoms with Gasteiger partial charge in [0.15, 0.2) is 0 Å². The molecule has 0 amide bonds. The highest BCUT2D eigenvalue weighted by Crippen LogP contribution is 1.90. The van der Waals surface area contributed by atoms with Crippen molar-refractivity contribution in [3.63, 3.8) is 0 Å².